The summed E-state index contributed by atoms with van der Waals surface area (Å²) in [5.41, 5.74) is 3.17. The maximum absolute atomic E-state index is 13.1. The van der Waals surface area contributed by atoms with E-state index < -0.39 is 0 Å². The average molecular weight is 353 g/mol. The Kier molecular flexibility index (Phi) is 6.09. The Morgan fingerprint density at radius 1 is 0.962 bits per heavy atom. The number of pyridine rings is 1. The summed E-state index contributed by atoms with van der Waals surface area (Å²) in [6, 6.07) is 10.4. The van der Waals surface area contributed by atoms with E-state index in [1.54, 1.807) is 23.0 Å². The molecule has 136 valence electrons. The number of nitrogens with zero attached hydrogens (tertiary/aromatic N) is 5. The van der Waals surface area contributed by atoms with E-state index in [9.17, 15) is 4.39 Å². The Labute approximate surface area is 153 Å². The van der Waals surface area contributed by atoms with Crippen molar-refractivity contribution >= 4 is 0 Å². The molecule has 0 saturated carbocycles. The molecule has 2 aromatic heterocycles. The highest BCUT2D eigenvalue weighted by molar-refractivity contribution is 5.31. The molecule has 2 heterocycles. The van der Waals surface area contributed by atoms with Gasteiger partial charge in [-0.05, 0) is 50.0 Å². The van der Waals surface area contributed by atoms with E-state index in [0.717, 1.165) is 37.4 Å². The first-order valence-electron chi connectivity index (χ1n) is 8.65. The van der Waals surface area contributed by atoms with Gasteiger partial charge in [0.05, 0.1) is 11.9 Å². The molecule has 0 N–H and O–H groups in total. The van der Waals surface area contributed by atoms with Crippen LogP contribution in [0.2, 0.25) is 0 Å². The minimum atomic E-state index is -0.243. The molecular formula is C20H24FN5. The zero-order chi connectivity index (χ0) is 18.4. The third kappa shape index (κ3) is 5.21. The summed E-state index contributed by atoms with van der Waals surface area (Å²) in [5.74, 6) is -0.243. The first kappa shape index (κ1) is 18.2. The van der Waals surface area contributed by atoms with Crippen molar-refractivity contribution in [2.24, 2.45) is 0 Å². The second-order valence-electron chi connectivity index (χ2n) is 6.64. The molecule has 0 aliphatic carbocycles. The molecule has 26 heavy (non-hydrogen) atoms. The Balaban J connectivity index is 1.70. The molecule has 3 rings (SSSR count). The highest BCUT2D eigenvalue weighted by atomic mass is 19.1. The molecule has 0 saturated heterocycles. The van der Waals surface area contributed by atoms with Gasteiger partial charge in [-0.25, -0.2) is 9.07 Å². The van der Waals surface area contributed by atoms with Gasteiger partial charge in [0.25, 0.3) is 0 Å². The van der Waals surface area contributed by atoms with E-state index in [1.807, 2.05) is 24.7 Å². The molecule has 0 spiro atoms. The van der Waals surface area contributed by atoms with Crippen molar-refractivity contribution in [3.05, 3.63) is 78.1 Å². The van der Waals surface area contributed by atoms with Crippen LogP contribution in [0, 0.1) is 5.82 Å². The predicted octanol–water partition coefficient (Wildman–Crippen LogP) is 2.97. The minimum absolute atomic E-state index is 0.243. The van der Waals surface area contributed by atoms with Gasteiger partial charge < -0.3 is 4.90 Å². The van der Waals surface area contributed by atoms with Crippen molar-refractivity contribution in [2.45, 2.75) is 13.1 Å². The van der Waals surface area contributed by atoms with Crippen LogP contribution in [0.4, 0.5) is 4.39 Å². The largest absolute Gasteiger partial charge is 0.308 e. The van der Waals surface area contributed by atoms with E-state index in [1.165, 1.54) is 17.7 Å². The lowest BCUT2D eigenvalue weighted by Crippen LogP contribution is -2.31. The molecule has 0 bridgehead atoms. The normalized spacial score (nSPS) is 11.4. The van der Waals surface area contributed by atoms with Gasteiger partial charge in [-0.3, -0.25) is 9.88 Å². The van der Waals surface area contributed by atoms with Crippen LogP contribution >= 0.6 is 0 Å². The van der Waals surface area contributed by atoms with Crippen LogP contribution in [0.3, 0.4) is 0 Å². The van der Waals surface area contributed by atoms with Gasteiger partial charge in [0.15, 0.2) is 0 Å². The third-order valence-electron chi connectivity index (χ3n) is 4.13. The van der Waals surface area contributed by atoms with Gasteiger partial charge in [0, 0.05) is 50.3 Å². The zero-order valence-electron chi connectivity index (χ0n) is 15.2. The van der Waals surface area contributed by atoms with Crippen molar-refractivity contribution in [1.82, 2.24) is 24.6 Å². The Hall–Kier alpha value is -2.57. The molecule has 1 aromatic carbocycles. The summed E-state index contributed by atoms with van der Waals surface area (Å²) in [4.78, 5) is 8.76. The minimum Gasteiger partial charge on any atom is -0.308 e. The maximum atomic E-state index is 13.1. The lowest BCUT2D eigenvalue weighted by Gasteiger charge is -2.23. The fourth-order valence-electron chi connectivity index (χ4n) is 2.74. The average Bonchev–Trinajstić information content (AvgIpc) is 3.09. The molecule has 0 unspecified atom stereocenters. The highest BCUT2D eigenvalue weighted by Crippen LogP contribution is 2.13. The number of hydrogen-bond acceptors (Lipinski definition) is 4. The SMILES string of the molecule is CN(C)CCN(Cc1cccnc1)Cc1cnn(-c2ccc(F)cc2)c1. The second-order valence-corrected chi connectivity index (χ2v) is 6.64. The predicted molar refractivity (Wildman–Crippen MR) is 100 cm³/mol. The first-order valence-corrected chi connectivity index (χ1v) is 8.65. The molecule has 0 aliphatic rings. The van der Waals surface area contributed by atoms with Crippen LogP contribution in [0.15, 0.2) is 61.2 Å². The zero-order valence-corrected chi connectivity index (χ0v) is 15.2. The highest BCUT2D eigenvalue weighted by Gasteiger charge is 2.10. The molecule has 5 nitrogen and oxygen atoms in total. The van der Waals surface area contributed by atoms with Crippen LogP contribution in [0.1, 0.15) is 11.1 Å². The van der Waals surface area contributed by atoms with Crippen LogP contribution in [-0.4, -0.2) is 51.7 Å². The third-order valence-corrected chi connectivity index (χ3v) is 4.13. The number of likely N-dealkylation sites (N-methyl/N-ethyl adjacent to an activating group) is 1. The molecule has 0 fully saturated rings. The standard InChI is InChI=1S/C20H24FN5/c1-24(2)10-11-25(14-17-4-3-9-22-12-17)15-18-13-23-26(16-18)20-7-5-19(21)6-8-20/h3-9,12-13,16H,10-11,14-15H2,1-2H3. The van der Waals surface area contributed by atoms with Crippen molar-refractivity contribution in [3.63, 3.8) is 0 Å². The first-order chi connectivity index (χ1) is 12.6. The topological polar surface area (TPSA) is 37.2 Å². The van der Waals surface area contributed by atoms with Crippen LogP contribution in [0.25, 0.3) is 5.69 Å². The van der Waals surface area contributed by atoms with E-state index in [2.05, 4.69) is 40.0 Å². The smallest absolute Gasteiger partial charge is 0.123 e. The maximum Gasteiger partial charge on any atom is 0.123 e. The Morgan fingerprint density at radius 2 is 1.73 bits per heavy atom. The lowest BCUT2D eigenvalue weighted by atomic mass is 10.2. The van der Waals surface area contributed by atoms with Crippen molar-refractivity contribution in [2.75, 3.05) is 27.2 Å². The van der Waals surface area contributed by atoms with Gasteiger partial charge in [-0.15, -0.1) is 0 Å². The summed E-state index contributed by atoms with van der Waals surface area (Å²) < 4.78 is 14.9. The molecule has 6 heteroatoms. The quantitative estimate of drug-likeness (QED) is 0.624. The van der Waals surface area contributed by atoms with Crippen molar-refractivity contribution < 1.29 is 4.39 Å². The van der Waals surface area contributed by atoms with Gasteiger partial charge >= 0.3 is 0 Å². The number of aromatic nitrogens is 3. The summed E-state index contributed by atoms with van der Waals surface area (Å²) >= 11 is 0. The summed E-state index contributed by atoms with van der Waals surface area (Å²) in [7, 11) is 4.16. The Bertz CT molecular complexity index is 799. The van der Waals surface area contributed by atoms with E-state index in [4.69, 9.17) is 0 Å². The second kappa shape index (κ2) is 8.69. The van der Waals surface area contributed by atoms with E-state index >= 15 is 0 Å². The number of rotatable bonds is 8. The lowest BCUT2D eigenvalue weighted by molar-refractivity contribution is 0.226. The monoisotopic (exact) mass is 353 g/mol. The van der Waals surface area contributed by atoms with Crippen LogP contribution in [-0.2, 0) is 13.1 Å². The van der Waals surface area contributed by atoms with Crippen LogP contribution < -0.4 is 0 Å². The molecule has 0 radical (unpaired) electrons. The van der Waals surface area contributed by atoms with Gasteiger partial charge in [0.2, 0.25) is 0 Å². The summed E-state index contributed by atoms with van der Waals surface area (Å²) in [5, 5.41) is 4.42. The Morgan fingerprint density at radius 3 is 2.42 bits per heavy atom. The molecular weight excluding hydrogens is 329 g/mol. The summed E-state index contributed by atoms with van der Waals surface area (Å²) in [6.45, 7) is 3.56. The molecule has 0 amide bonds. The number of benzene rings is 1. The summed E-state index contributed by atoms with van der Waals surface area (Å²) in [6.07, 6.45) is 7.57. The fourth-order valence-corrected chi connectivity index (χ4v) is 2.74. The van der Waals surface area contributed by atoms with E-state index in [-0.39, 0.29) is 5.82 Å². The molecule has 0 aliphatic heterocycles. The van der Waals surface area contributed by atoms with Crippen molar-refractivity contribution in [3.8, 4) is 5.69 Å². The molecule has 3 aromatic rings. The fraction of sp³-hybridized carbons (Fsp3) is 0.300. The molecule has 0 atom stereocenters. The van der Waals surface area contributed by atoms with Crippen LogP contribution in [0.5, 0.6) is 0 Å². The van der Waals surface area contributed by atoms with Gasteiger partial charge in [0.1, 0.15) is 5.82 Å². The number of halogens is 1. The van der Waals surface area contributed by atoms with Crippen molar-refractivity contribution in [1.29, 1.82) is 0 Å². The van der Waals surface area contributed by atoms with Gasteiger partial charge in [-0.1, -0.05) is 6.07 Å². The van der Waals surface area contributed by atoms with Gasteiger partial charge in [-0.2, -0.15) is 5.10 Å². The van der Waals surface area contributed by atoms with E-state index in [0.29, 0.717) is 0 Å². The number of hydrogen-bond donors (Lipinski definition) is 0.